The molecule has 2 heterocycles. The Morgan fingerprint density at radius 1 is 1.47 bits per heavy atom. The summed E-state index contributed by atoms with van der Waals surface area (Å²) in [5.41, 5.74) is 1.61. The lowest BCUT2D eigenvalue weighted by Gasteiger charge is -2.07. The molecule has 2 aromatic heterocycles. The van der Waals surface area contributed by atoms with Gasteiger partial charge in [-0.25, -0.2) is 14.6 Å². The van der Waals surface area contributed by atoms with Crippen molar-refractivity contribution in [1.29, 1.82) is 0 Å². The van der Waals surface area contributed by atoms with Gasteiger partial charge in [-0.05, 0) is 19.4 Å². The molecule has 0 saturated carbocycles. The van der Waals surface area contributed by atoms with E-state index in [1.807, 2.05) is 6.92 Å². The van der Waals surface area contributed by atoms with Crippen molar-refractivity contribution in [3.63, 3.8) is 0 Å². The second-order valence-corrected chi connectivity index (χ2v) is 3.69. The Morgan fingerprint density at radius 2 is 2.18 bits per heavy atom. The zero-order valence-corrected chi connectivity index (χ0v) is 9.61. The zero-order valence-electron chi connectivity index (χ0n) is 9.61. The summed E-state index contributed by atoms with van der Waals surface area (Å²) in [7, 11) is 0. The van der Waals surface area contributed by atoms with Gasteiger partial charge in [-0.2, -0.15) is 5.10 Å². The summed E-state index contributed by atoms with van der Waals surface area (Å²) in [5.74, 6) is 0.502. The number of aliphatic hydroxyl groups excluding tert-OH is 1. The normalized spacial score (nSPS) is 12.4. The van der Waals surface area contributed by atoms with Crippen LogP contribution in [0.3, 0.4) is 0 Å². The fourth-order valence-corrected chi connectivity index (χ4v) is 1.64. The Labute approximate surface area is 99.5 Å². The van der Waals surface area contributed by atoms with Crippen molar-refractivity contribution in [2.45, 2.75) is 19.4 Å². The standard InChI is InChI=1S/C12H14N4O/c1-3-5-11(17)10-8-15-16(9(10)2)12-13-6-4-7-14-12/h3-4,6-8,11,17H,1,5H2,2H3. The molecule has 0 aliphatic rings. The minimum absolute atomic E-state index is 0.502. The van der Waals surface area contributed by atoms with Crippen molar-refractivity contribution < 1.29 is 5.11 Å². The van der Waals surface area contributed by atoms with Crippen LogP contribution in [0.1, 0.15) is 23.8 Å². The highest BCUT2D eigenvalue weighted by Crippen LogP contribution is 2.21. The van der Waals surface area contributed by atoms with E-state index in [1.165, 1.54) is 0 Å². The minimum atomic E-state index is -0.579. The highest BCUT2D eigenvalue weighted by atomic mass is 16.3. The van der Waals surface area contributed by atoms with E-state index in [0.717, 1.165) is 11.3 Å². The predicted octanol–water partition coefficient (Wildman–Crippen LogP) is 1.58. The first-order valence-corrected chi connectivity index (χ1v) is 5.35. The van der Waals surface area contributed by atoms with Crippen molar-refractivity contribution in [3.8, 4) is 5.95 Å². The van der Waals surface area contributed by atoms with Gasteiger partial charge in [-0.1, -0.05) is 6.08 Å². The summed E-state index contributed by atoms with van der Waals surface area (Å²) < 4.78 is 1.61. The molecule has 1 N–H and O–H groups in total. The molecule has 0 saturated heterocycles. The molecule has 1 atom stereocenters. The van der Waals surface area contributed by atoms with Crippen LogP contribution in [0.4, 0.5) is 0 Å². The first-order valence-electron chi connectivity index (χ1n) is 5.35. The zero-order chi connectivity index (χ0) is 12.3. The summed E-state index contributed by atoms with van der Waals surface area (Å²) in [5, 5.41) is 14.1. The predicted molar refractivity (Wildman–Crippen MR) is 63.7 cm³/mol. The molecule has 2 aromatic rings. The van der Waals surface area contributed by atoms with Gasteiger partial charge in [0, 0.05) is 18.0 Å². The van der Waals surface area contributed by atoms with Crippen LogP contribution in [0.25, 0.3) is 5.95 Å². The van der Waals surface area contributed by atoms with Gasteiger partial charge in [-0.15, -0.1) is 6.58 Å². The van der Waals surface area contributed by atoms with E-state index >= 15 is 0 Å². The van der Waals surface area contributed by atoms with Crippen molar-refractivity contribution >= 4 is 0 Å². The SMILES string of the molecule is C=CCC(O)c1cnn(-c2ncccn2)c1C. The number of aromatic nitrogens is 4. The maximum atomic E-state index is 9.90. The smallest absolute Gasteiger partial charge is 0.250 e. The summed E-state index contributed by atoms with van der Waals surface area (Å²) in [6.45, 7) is 5.49. The van der Waals surface area contributed by atoms with Crippen molar-refractivity contribution in [3.05, 3.63) is 48.6 Å². The topological polar surface area (TPSA) is 63.8 Å². The Morgan fingerprint density at radius 3 is 2.82 bits per heavy atom. The molecular weight excluding hydrogens is 216 g/mol. The third-order valence-corrected chi connectivity index (χ3v) is 2.54. The average molecular weight is 230 g/mol. The number of hydrogen-bond acceptors (Lipinski definition) is 4. The van der Waals surface area contributed by atoms with E-state index < -0.39 is 6.10 Å². The van der Waals surface area contributed by atoms with Crippen LogP contribution in [0.5, 0.6) is 0 Å². The number of aliphatic hydroxyl groups is 1. The highest BCUT2D eigenvalue weighted by Gasteiger charge is 2.15. The van der Waals surface area contributed by atoms with E-state index in [2.05, 4.69) is 21.6 Å². The molecule has 88 valence electrons. The maximum absolute atomic E-state index is 9.90. The average Bonchev–Trinajstić information content (AvgIpc) is 2.72. The molecule has 0 bridgehead atoms. The lowest BCUT2D eigenvalue weighted by atomic mass is 10.1. The monoisotopic (exact) mass is 230 g/mol. The first-order chi connectivity index (χ1) is 8.24. The number of nitrogens with zero attached hydrogens (tertiary/aromatic N) is 4. The summed E-state index contributed by atoms with van der Waals surface area (Å²) in [6, 6.07) is 1.75. The summed E-state index contributed by atoms with van der Waals surface area (Å²) >= 11 is 0. The maximum Gasteiger partial charge on any atom is 0.250 e. The van der Waals surface area contributed by atoms with Crippen LogP contribution < -0.4 is 0 Å². The summed E-state index contributed by atoms with van der Waals surface area (Å²) in [4.78, 5) is 8.23. The van der Waals surface area contributed by atoms with Gasteiger partial charge >= 0.3 is 0 Å². The van der Waals surface area contributed by atoms with Gasteiger partial charge in [0.1, 0.15) is 0 Å². The Kier molecular flexibility index (Phi) is 3.30. The van der Waals surface area contributed by atoms with Gasteiger partial charge in [0.05, 0.1) is 18.0 Å². The molecule has 0 spiro atoms. The number of rotatable bonds is 4. The van der Waals surface area contributed by atoms with Crippen molar-refractivity contribution in [2.75, 3.05) is 0 Å². The van der Waals surface area contributed by atoms with Crippen molar-refractivity contribution in [1.82, 2.24) is 19.7 Å². The molecule has 0 radical (unpaired) electrons. The van der Waals surface area contributed by atoms with E-state index in [-0.39, 0.29) is 0 Å². The van der Waals surface area contributed by atoms with Gasteiger partial charge in [0.2, 0.25) is 0 Å². The van der Waals surface area contributed by atoms with Gasteiger partial charge < -0.3 is 5.11 Å². The second kappa shape index (κ2) is 4.88. The Balaban J connectivity index is 2.36. The lowest BCUT2D eigenvalue weighted by Crippen LogP contribution is -2.05. The molecule has 0 aromatic carbocycles. The molecular formula is C12H14N4O. The molecule has 0 amide bonds. The quantitative estimate of drug-likeness (QED) is 0.810. The highest BCUT2D eigenvalue weighted by molar-refractivity contribution is 5.25. The molecule has 5 heteroatoms. The Bertz CT molecular complexity index is 506. The van der Waals surface area contributed by atoms with E-state index in [0.29, 0.717) is 12.4 Å². The molecule has 5 nitrogen and oxygen atoms in total. The van der Waals surface area contributed by atoms with Crippen molar-refractivity contribution in [2.24, 2.45) is 0 Å². The second-order valence-electron chi connectivity index (χ2n) is 3.69. The van der Waals surface area contributed by atoms with Crippen LogP contribution in [0, 0.1) is 6.92 Å². The fraction of sp³-hybridized carbons (Fsp3) is 0.250. The summed E-state index contributed by atoms with van der Waals surface area (Å²) in [6.07, 6.45) is 6.56. The van der Waals surface area contributed by atoms with Gasteiger partial charge in [-0.3, -0.25) is 0 Å². The third kappa shape index (κ3) is 2.24. The molecule has 0 aliphatic heterocycles. The van der Waals surface area contributed by atoms with Crippen LogP contribution >= 0.6 is 0 Å². The van der Waals surface area contributed by atoms with Crippen LogP contribution in [0.15, 0.2) is 37.3 Å². The first kappa shape index (κ1) is 11.5. The molecule has 0 fully saturated rings. The molecule has 2 rings (SSSR count). The molecule has 17 heavy (non-hydrogen) atoms. The largest absolute Gasteiger partial charge is 0.388 e. The lowest BCUT2D eigenvalue weighted by molar-refractivity contribution is 0.181. The Hall–Kier alpha value is -2.01. The number of hydrogen-bond donors (Lipinski definition) is 1. The van der Waals surface area contributed by atoms with E-state index in [1.54, 1.807) is 35.4 Å². The fourth-order valence-electron chi connectivity index (χ4n) is 1.64. The van der Waals surface area contributed by atoms with E-state index in [4.69, 9.17) is 0 Å². The molecule has 1 unspecified atom stereocenters. The van der Waals surface area contributed by atoms with E-state index in [9.17, 15) is 5.11 Å². The van der Waals surface area contributed by atoms with Crippen LogP contribution in [-0.4, -0.2) is 24.9 Å². The van der Waals surface area contributed by atoms with Crippen LogP contribution in [-0.2, 0) is 0 Å². The third-order valence-electron chi connectivity index (χ3n) is 2.54. The van der Waals surface area contributed by atoms with Gasteiger partial charge in [0.15, 0.2) is 0 Å². The minimum Gasteiger partial charge on any atom is -0.388 e. The molecule has 0 aliphatic carbocycles. The van der Waals surface area contributed by atoms with Gasteiger partial charge in [0.25, 0.3) is 5.95 Å². The van der Waals surface area contributed by atoms with Crippen LogP contribution in [0.2, 0.25) is 0 Å².